The summed E-state index contributed by atoms with van der Waals surface area (Å²) in [6.07, 6.45) is 3.35. The van der Waals surface area contributed by atoms with Crippen LogP contribution in [-0.4, -0.2) is 24.0 Å². The summed E-state index contributed by atoms with van der Waals surface area (Å²) < 4.78 is 12.9. The minimum absolute atomic E-state index is 0.127. The molecule has 1 aromatic rings. The number of benzene rings is 1. The molecule has 3 saturated carbocycles. The molecule has 0 aromatic heterocycles. The van der Waals surface area contributed by atoms with Crippen molar-refractivity contribution in [2.45, 2.75) is 44.2 Å². The smallest absolute Gasteiger partial charge is 0.251 e. The molecule has 3 aliphatic carbocycles. The van der Waals surface area contributed by atoms with Gasteiger partial charge in [-0.25, -0.2) is 4.39 Å². The number of hydrogen-bond acceptors (Lipinski definition) is 2. The lowest BCUT2D eigenvalue weighted by molar-refractivity contribution is -0.195. The fraction of sp³-hybridized carbons (Fsp3) is 0.562. The van der Waals surface area contributed by atoms with Gasteiger partial charge in [-0.2, -0.15) is 0 Å². The first-order valence-electron chi connectivity index (χ1n) is 7.09. The molecule has 4 rings (SSSR count). The standard InChI is InChI=1S/C16H21FN2O/c1-14(2,15-8-16(9-15,10-15)18-3)19-13(20)11-4-6-12(17)7-5-11/h4-7,18H,8-10H2,1-3H3,(H,19,20). The number of nitrogens with one attached hydrogen (secondary N) is 2. The van der Waals surface area contributed by atoms with Gasteiger partial charge in [0.2, 0.25) is 0 Å². The van der Waals surface area contributed by atoms with Crippen LogP contribution in [0.15, 0.2) is 24.3 Å². The Bertz CT molecular complexity index is 530. The Labute approximate surface area is 118 Å². The van der Waals surface area contributed by atoms with Crippen LogP contribution in [-0.2, 0) is 0 Å². The predicted octanol–water partition coefficient (Wildman–Crippen LogP) is 2.48. The minimum atomic E-state index is -0.323. The Morgan fingerprint density at radius 3 is 2.25 bits per heavy atom. The van der Waals surface area contributed by atoms with E-state index in [0.29, 0.717) is 11.1 Å². The topological polar surface area (TPSA) is 41.1 Å². The fourth-order valence-corrected chi connectivity index (χ4v) is 3.81. The summed E-state index contributed by atoms with van der Waals surface area (Å²) in [6, 6.07) is 5.69. The number of amides is 1. The molecule has 4 heteroatoms. The van der Waals surface area contributed by atoms with Gasteiger partial charge in [-0.15, -0.1) is 0 Å². The van der Waals surface area contributed by atoms with Gasteiger partial charge in [0.15, 0.2) is 0 Å². The minimum Gasteiger partial charge on any atom is -0.347 e. The van der Waals surface area contributed by atoms with Crippen LogP contribution >= 0.6 is 0 Å². The maximum absolute atomic E-state index is 12.9. The second-order valence-corrected chi connectivity index (χ2v) is 6.93. The third kappa shape index (κ3) is 1.78. The Morgan fingerprint density at radius 1 is 1.20 bits per heavy atom. The van der Waals surface area contributed by atoms with Crippen molar-refractivity contribution in [1.29, 1.82) is 0 Å². The lowest BCUT2D eigenvalue weighted by atomic mass is 9.34. The van der Waals surface area contributed by atoms with Crippen LogP contribution in [0.3, 0.4) is 0 Å². The normalized spacial score (nSPS) is 31.2. The molecular weight excluding hydrogens is 255 g/mol. The van der Waals surface area contributed by atoms with Gasteiger partial charge in [-0.1, -0.05) is 0 Å². The van der Waals surface area contributed by atoms with Crippen molar-refractivity contribution < 1.29 is 9.18 Å². The van der Waals surface area contributed by atoms with Crippen molar-refractivity contribution >= 4 is 5.91 Å². The van der Waals surface area contributed by atoms with Crippen molar-refractivity contribution in [1.82, 2.24) is 10.6 Å². The molecule has 0 saturated heterocycles. The van der Waals surface area contributed by atoms with Crippen molar-refractivity contribution in [3.63, 3.8) is 0 Å². The summed E-state index contributed by atoms with van der Waals surface area (Å²) in [4.78, 5) is 12.3. The SMILES string of the molecule is CNC12CC(C(C)(C)NC(=O)c3ccc(F)cc3)(C1)C2. The second kappa shape index (κ2) is 4.04. The molecule has 1 amide bonds. The molecule has 108 valence electrons. The fourth-order valence-electron chi connectivity index (χ4n) is 3.81. The molecule has 20 heavy (non-hydrogen) atoms. The molecule has 3 nitrogen and oxygen atoms in total. The summed E-state index contributed by atoms with van der Waals surface area (Å²) in [5.41, 5.74) is 0.801. The highest BCUT2D eigenvalue weighted by atomic mass is 19.1. The largest absolute Gasteiger partial charge is 0.347 e. The highest BCUT2D eigenvalue weighted by Crippen LogP contribution is 2.71. The van der Waals surface area contributed by atoms with E-state index in [-0.39, 0.29) is 22.7 Å². The number of carbonyl (C=O) groups excluding carboxylic acids is 1. The lowest BCUT2D eigenvalue weighted by Gasteiger charge is -2.75. The van der Waals surface area contributed by atoms with E-state index >= 15 is 0 Å². The number of rotatable bonds is 4. The summed E-state index contributed by atoms with van der Waals surface area (Å²) in [7, 11) is 2.01. The van der Waals surface area contributed by atoms with E-state index in [9.17, 15) is 9.18 Å². The highest BCUT2D eigenvalue weighted by molar-refractivity contribution is 5.94. The second-order valence-electron chi connectivity index (χ2n) is 6.93. The van der Waals surface area contributed by atoms with Crippen LogP contribution in [0.2, 0.25) is 0 Å². The van der Waals surface area contributed by atoms with Crippen LogP contribution in [0.4, 0.5) is 4.39 Å². The van der Waals surface area contributed by atoms with Crippen LogP contribution in [0, 0.1) is 11.2 Å². The van der Waals surface area contributed by atoms with Gasteiger partial charge in [0.25, 0.3) is 5.91 Å². The van der Waals surface area contributed by atoms with Gasteiger partial charge < -0.3 is 10.6 Å². The molecule has 0 aliphatic heterocycles. The zero-order chi connectivity index (χ0) is 14.6. The molecule has 0 heterocycles. The number of hydrogen-bond donors (Lipinski definition) is 2. The lowest BCUT2D eigenvalue weighted by Crippen LogP contribution is -2.81. The summed E-state index contributed by atoms with van der Waals surface area (Å²) in [5.74, 6) is -0.450. The van der Waals surface area contributed by atoms with Crippen molar-refractivity contribution in [3.8, 4) is 0 Å². The first-order valence-corrected chi connectivity index (χ1v) is 7.09. The predicted molar refractivity (Wildman–Crippen MR) is 76.0 cm³/mol. The summed E-state index contributed by atoms with van der Waals surface area (Å²) in [6.45, 7) is 4.18. The van der Waals surface area contributed by atoms with Gasteiger partial charge in [0.1, 0.15) is 5.82 Å². The summed E-state index contributed by atoms with van der Waals surface area (Å²) >= 11 is 0. The average Bonchev–Trinajstić information content (AvgIpc) is 2.25. The van der Waals surface area contributed by atoms with Gasteiger partial charge in [0.05, 0.1) is 0 Å². The van der Waals surface area contributed by atoms with Gasteiger partial charge >= 0.3 is 0 Å². The zero-order valence-corrected chi connectivity index (χ0v) is 12.2. The van der Waals surface area contributed by atoms with Crippen molar-refractivity contribution in [2.24, 2.45) is 5.41 Å². The van der Waals surface area contributed by atoms with E-state index in [1.807, 2.05) is 7.05 Å². The summed E-state index contributed by atoms with van der Waals surface area (Å²) in [5, 5.41) is 6.50. The van der Waals surface area contributed by atoms with Crippen LogP contribution < -0.4 is 10.6 Å². The third-order valence-electron chi connectivity index (χ3n) is 5.42. The van der Waals surface area contributed by atoms with E-state index in [4.69, 9.17) is 0 Å². The first-order chi connectivity index (χ1) is 9.31. The number of halogens is 1. The Hall–Kier alpha value is -1.42. The Morgan fingerprint density at radius 2 is 1.75 bits per heavy atom. The van der Waals surface area contributed by atoms with Crippen LogP contribution in [0.25, 0.3) is 0 Å². The zero-order valence-electron chi connectivity index (χ0n) is 12.2. The number of carbonyl (C=O) groups is 1. The van der Waals surface area contributed by atoms with Gasteiger partial charge in [0, 0.05) is 16.6 Å². The van der Waals surface area contributed by atoms with E-state index in [1.165, 1.54) is 24.3 Å². The van der Waals surface area contributed by atoms with Crippen LogP contribution in [0.1, 0.15) is 43.5 Å². The molecule has 0 radical (unpaired) electrons. The average molecular weight is 276 g/mol. The molecular formula is C16H21FN2O. The molecule has 0 atom stereocenters. The maximum atomic E-state index is 12.9. The Balaban J connectivity index is 1.68. The van der Waals surface area contributed by atoms with Crippen molar-refractivity contribution in [3.05, 3.63) is 35.6 Å². The van der Waals surface area contributed by atoms with Crippen LogP contribution in [0.5, 0.6) is 0 Å². The molecule has 0 unspecified atom stereocenters. The maximum Gasteiger partial charge on any atom is 0.251 e. The molecule has 3 aliphatic rings. The van der Waals surface area contributed by atoms with E-state index in [1.54, 1.807) is 0 Å². The molecule has 1 aromatic carbocycles. The molecule has 0 spiro atoms. The van der Waals surface area contributed by atoms with E-state index in [0.717, 1.165) is 19.3 Å². The first kappa shape index (κ1) is 13.6. The monoisotopic (exact) mass is 276 g/mol. The quantitative estimate of drug-likeness (QED) is 0.887. The molecule has 2 N–H and O–H groups in total. The molecule has 2 bridgehead atoms. The Kier molecular flexibility index (Phi) is 2.74. The van der Waals surface area contributed by atoms with E-state index < -0.39 is 0 Å². The van der Waals surface area contributed by atoms with Gasteiger partial charge in [-0.3, -0.25) is 4.79 Å². The van der Waals surface area contributed by atoms with Crippen molar-refractivity contribution in [2.75, 3.05) is 7.05 Å². The van der Waals surface area contributed by atoms with Gasteiger partial charge in [-0.05, 0) is 69.8 Å². The van der Waals surface area contributed by atoms with E-state index in [2.05, 4.69) is 24.5 Å². The third-order valence-corrected chi connectivity index (χ3v) is 5.42. The molecule has 3 fully saturated rings. The highest BCUT2D eigenvalue weighted by Gasteiger charge is 2.72.